The minimum Gasteiger partial charge on any atom is -0.383 e. The summed E-state index contributed by atoms with van der Waals surface area (Å²) >= 11 is 0. The van der Waals surface area contributed by atoms with Crippen molar-refractivity contribution in [1.29, 1.82) is 0 Å². The third kappa shape index (κ3) is 3.04. The van der Waals surface area contributed by atoms with Crippen molar-refractivity contribution in [2.24, 2.45) is 0 Å². The standard InChI is InChI=1S/C15H23N3O2/c1-4-18(11(2)10-20-3)15(19)12-5-6-13-14(9-12)17-8-7-16-13/h5-6,9,11,16-17H,4,7-8,10H2,1-3H3. The third-order valence-corrected chi connectivity index (χ3v) is 3.56. The number of carbonyl (C=O) groups is 1. The van der Waals surface area contributed by atoms with Gasteiger partial charge in [0.25, 0.3) is 5.91 Å². The second kappa shape index (κ2) is 6.61. The number of ether oxygens (including phenoxy) is 1. The molecule has 0 spiro atoms. The summed E-state index contributed by atoms with van der Waals surface area (Å²) in [6.45, 7) is 7.00. The van der Waals surface area contributed by atoms with Crippen LogP contribution in [0.3, 0.4) is 0 Å². The number of benzene rings is 1. The van der Waals surface area contributed by atoms with Gasteiger partial charge in [-0.1, -0.05) is 0 Å². The molecule has 5 nitrogen and oxygen atoms in total. The normalized spacial score (nSPS) is 14.8. The molecule has 0 fully saturated rings. The van der Waals surface area contributed by atoms with Crippen molar-refractivity contribution in [3.63, 3.8) is 0 Å². The van der Waals surface area contributed by atoms with Crippen LogP contribution in [0.1, 0.15) is 24.2 Å². The fraction of sp³-hybridized carbons (Fsp3) is 0.533. The Kier molecular flexibility index (Phi) is 4.84. The van der Waals surface area contributed by atoms with Gasteiger partial charge in [0, 0.05) is 32.3 Å². The Hall–Kier alpha value is -1.75. The van der Waals surface area contributed by atoms with Crippen molar-refractivity contribution < 1.29 is 9.53 Å². The van der Waals surface area contributed by atoms with Crippen molar-refractivity contribution in [2.45, 2.75) is 19.9 Å². The van der Waals surface area contributed by atoms with Crippen LogP contribution in [0.4, 0.5) is 11.4 Å². The molecule has 1 heterocycles. The second-order valence-corrected chi connectivity index (χ2v) is 5.01. The van der Waals surface area contributed by atoms with Crippen LogP contribution in [-0.2, 0) is 4.74 Å². The number of hydrogen-bond donors (Lipinski definition) is 2. The average molecular weight is 277 g/mol. The van der Waals surface area contributed by atoms with Crippen molar-refractivity contribution >= 4 is 17.3 Å². The van der Waals surface area contributed by atoms with Crippen LogP contribution in [0, 0.1) is 0 Å². The van der Waals surface area contributed by atoms with Crippen LogP contribution in [0.5, 0.6) is 0 Å². The lowest BCUT2D eigenvalue weighted by atomic mass is 10.1. The zero-order valence-corrected chi connectivity index (χ0v) is 12.4. The molecule has 0 bridgehead atoms. The summed E-state index contributed by atoms with van der Waals surface area (Å²) in [5, 5.41) is 6.62. The molecule has 1 aliphatic heterocycles. The van der Waals surface area contributed by atoms with Crippen LogP contribution in [0.15, 0.2) is 18.2 Å². The van der Waals surface area contributed by atoms with Crippen molar-refractivity contribution in [2.75, 3.05) is 44.0 Å². The fourth-order valence-electron chi connectivity index (χ4n) is 2.52. The smallest absolute Gasteiger partial charge is 0.254 e. The molecule has 0 aliphatic carbocycles. The molecule has 1 amide bonds. The van der Waals surface area contributed by atoms with Crippen molar-refractivity contribution in [3.8, 4) is 0 Å². The number of methoxy groups -OCH3 is 1. The van der Waals surface area contributed by atoms with Gasteiger partial charge in [0.2, 0.25) is 0 Å². The van der Waals surface area contributed by atoms with E-state index in [4.69, 9.17) is 4.74 Å². The molecule has 20 heavy (non-hydrogen) atoms. The van der Waals surface area contributed by atoms with Gasteiger partial charge in [0.05, 0.1) is 24.0 Å². The number of carbonyl (C=O) groups excluding carboxylic acids is 1. The van der Waals surface area contributed by atoms with Gasteiger partial charge in [-0.25, -0.2) is 0 Å². The first-order valence-corrected chi connectivity index (χ1v) is 7.09. The highest BCUT2D eigenvalue weighted by molar-refractivity contribution is 5.96. The van der Waals surface area contributed by atoms with Gasteiger partial charge >= 0.3 is 0 Å². The van der Waals surface area contributed by atoms with E-state index >= 15 is 0 Å². The number of rotatable bonds is 5. The van der Waals surface area contributed by atoms with Crippen molar-refractivity contribution in [3.05, 3.63) is 23.8 Å². The van der Waals surface area contributed by atoms with Gasteiger partial charge in [0.15, 0.2) is 0 Å². The number of nitrogens with one attached hydrogen (secondary N) is 2. The van der Waals surface area contributed by atoms with E-state index in [2.05, 4.69) is 10.6 Å². The van der Waals surface area contributed by atoms with E-state index in [-0.39, 0.29) is 11.9 Å². The lowest BCUT2D eigenvalue weighted by molar-refractivity contribution is 0.0579. The van der Waals surface area contributed by atoms with E-state index in [1.54, 1.807) is 7.11 Å². The molecule has 5 heteroatoms. The van der Waals surface area contributed by atoms with Crippen molar-refractivity contribution in [1.82, 2.24) is 4.90 Å². The summed E-state index contributed by atoms with van der Waals surface area (Å²) in [5.74, 6) is 0.0484. The van der Waals surface area contributed by atoms with E-state index in [1.807, 2.05) is 36.9 Å². The van der Waals surface area contributed by atoms with E-state index in [9.17, 15) is 4.79 Å². The number of likely N-dealkylation sites (N-methyl/N-ethyl adjacent to an activating group) is 1. The molecule has 1 aromatic rings. The third-order valence-electron chi connectivity index (χ3n) is 3.56. The molecule has 110 valence electrons. The van der Waals surface area contributed by atoms with Gasteiger partial charge in [-0.3, -0.25) is 4.79 Å². The predicted molar refractivity (Wildman–Crippen MR) is 81.5 cm³/mol. The van der Waals surface area contributed by atoms with Crippen LogP contribution in [0.25, 0.3) is 0 Å². The maximum Gasteiger partial charge on any atom is 0.254 e. The highest BCUT2D eigenvalue weighted by Crippen LogP contribution is 2.26. The molecular formula is C15H23N3O2. The number of anilines is 2. The summed E-state index contributed by atoms with van der Waals surface area (Å²) < 4.78 is 5.15. The summed E-state index contributed by atoms with van der Waals surface area (Å²) in [7, 11) is 1.66. The zero-order chi connectivity index (χ0) is 14.5. The summed E-state index contributed by atoms with van der Waals surface area (Å²) in [6, 6.07) is 5.83. The molecule has 2 N–H and O–H groups in total. The van der Waals surface area contributed by atoms with Crippen LogP contribution >= 0.6 is 0 Å². The van der Waals surface area contributed by atoms with Gasteiger partial charge in [-0.15, -0.1) is 0 Å². The monoisotopic (exact) mass is 277 g/mol. The molecule has 1 unspecified atom stereocenters. The Labute approximate surface area is 120 Å². The summed E-state index contributed by atoms with van der Waals surface area (Å²) in [4.78, 5) is 14.4. The molecule has 0 radical (unpaired) electrons. The Morgan fingerprint density at radius 2 is 2.05 bits per heavy atom. The lowest BCUT2D eigenvalue weighted by Gasteiger charge is -2.28. The second-order valence-electron chi connectivity index (χ2n) is 5.01. The van der Waals surface area contributed by atoms with Crippen LogP contribution < -0.4 is 10.6 Å². The maximum absolute atomic E-state index is 12.6. The topological polar surface area (TPSA) is 53.6 Å². The van der Waals surface area contributed by atoms with Crippen LogP contribution in [0.2, 0.25) is 0 Å². The average Bonchev–Trinajstić information content (AvgIpc) is 2.47. The first-order chi connectivity index (χ1) is 9.67. The number of fused-ring (bicyclic) bond motifs is 1. The molecular weight excluding hydrogens is 254 g/mol. The van der Waals surface area contributed by atoms with E-state index in [1.165, 1.54) is 0 Å². The Morgan fingerprint density at radius 1 is 1.35 bits per heavy atom. The highest BCUT2D eigenvalue weighted by atomic mass is 16.5. The van der Waals surface area contributed by atoms with Gasteiger partial charge in [0.1, 0.15) is 0 Å². The Balaban J connectivity index is 2.19. The molecule has 1 atom stereocenters. The number of nitrogens with zero attached hydrogens (tertiary/aromatic N) is 1. The Morgan fingerprint density at radius 3 is 2.70 bits per heavy atom. The largest absolute Gasteiger partial charge is 0.383 e. The molecule has 1 aromatic carbocycles. The fourth-order valence-corrected chi connectivity index (χ4v) is 2.52. The maximum atomic E-state index is 12.6. The number of hydrogen-bond acceptors (Lipinski definition) is 4. The first-order valence-electron chi connectivity index (χ1n) is 7.09. The first kappa shape index (κ1) is 14.7. The predicted octanol–water partition coefficient (Wildman–Crippen LogP) is 2.02. The van der Waals surface area contributed by atoms with Gasteiger partial charge in [-0.05, 0) is 32.0 Å². The highest BCUT2D eigenvalue weighted by Gasteiger charge is 2.21. The molecule has 0 saturated heterocycles. The molecule has 2 rings (SSSR count). The minimum absolute atomic E-state index is 0.0484. The summed E-state index contributed by atoms with van der Waals surface area (Å²) in [6.07, 6.45) is 0. The van der Waals surface area contributed by atoms with Gasteiger partial charge in [-0.2, -0.15) is 0 Å². The minimum atomic E-state index is 0.0484. The SMILES string of the molecule is CCN(C(=O)c1ccc2c(c1)NCCN2)C(C)COC. The van der Waals surface area contributed by atoms with E-state index in [0.717, 1.165) is 24.5 Å². The summed E-state index contributed by atoms with van der Waals surface area (Å²) in [5.41, 5.74) is 2.77. The van der Waals surface area contributed by atoms with E-state index < -0.39 is 0 Å². The number of amides is 1. The Bertz CT molecular complexity index is 476. The lowest BCUT2D eigenvalue weighted by Crippen LogP contribution is -2.41. The quantitative estimate of drug-likeness (QED) is 0.864. The molecule has 1 aliphatic rings. The molecule has 0 aromatic heterocycles. The molecule has 0 saturated carbocycles. The van der Waals surface area contributed by atoms with Crippen LogP contribution in [-0.4, -0.2) is 50.2 Å². The van der Waals surface area contributed by atoms with Gasteiger partial charge < -0.3 is 20.3 Å². The van der Waals surface area contributed by atoms with E-state index in [0.29, 0.717) is 18.7 Å². The zero-order valence-electron chi connectivity index (χ0n) is 12.4.